The van der Waals surface area contributed by atoms with Crippen LogP contribution in [0.1, 0.15) is 88.2 Å². The lowest BCUT2D eigenvalue weighted by Gasteiger charge is -2.30. The number of hydrogen-bond acceptors (Lipinski definition) is 8. The Morgan fingerprint density at radius 2 is 1.04 bits per heavy atom. The summed E-state index contributed by atoms with van der Waals surface area (Å²) in [7, 11) is 2.58. The van der Waals surface area contributed by atoms with Crippen molar-refractivity contribution in [3.8, 4) is 22.5 Å². The van der Waals surface area contributed by atoms with E-state index in [2.05, 4.69) is 67.0 Å². The van der Waals surface area contributed by atoms with E-state index in [0.29, 0.717) is 13.1 Å². The molecule has 0 aliphatic carbocycles. The van der Waals surface area contributed by atoms with E-state index in [9.17, 15) is 19.2 Å². The number of aromatic nitrogens is 4. The normalized spacial score (nSPS) is 18.1. The predicted octanol–water partition coefficient (Wildman–Crippen LogP) is 6.73. The van der Waals surface area contributed by atoms with E-state index in [1.165, 1.54) is 14.2 Å². The quantitative estimate of drug-likeness (QED) is 0.115. The number of carbonyl (C=O) groups is 4. The Bertz CT molecular complexity index is 1870. The number of methoxy groups -OCH3 is 2. The zero-order chi connectivity index (χ0) is 39.9. The highest BCUT2D eigenvalue weighted by Crippen LogP contribution is 2.34. The number of H-pyrrole nitrogens is 2. The number of carbonyl (C=O) groups excluding carboxylic acids is 4. The Kier molecular flexibility index (Phi) is 12.6. The van der Waals surface area contributed by atoms with E-state index in [1.807, 2.05) is 52.0 Å². The topological polar surface area (TPSA) is 175 Å². The Labute approximate surface area is 327 Å². The smallest absolute Gasteiger partial charge is 0.407 e. The van der Waals surface area contributed by atoms with Gasteiger partial charge in [-0.05, 0) is 59.8 Å². The van der Waals surface area contributed by atoms with Crippen molar-refractivity contribution in [2.75, 3.05) is 27.3 Å². The van der Waals surface area contributed by atoms with Crippen LogP contribution in [0.25, 0.3) is 34.7 Å². The van der Waals surface area contributed by atoms with Crippen molar-refractivity contribution in [1.82, 2.24) is 40.4 Å². The first-order valence-corrected chi connectivity index (χ1v) is 19.3. The number of nitrogens with zero attached hydrogens (tertiary/aromatic N) is 4. The van der Waals surface area contributed by atoms with Crippen LogP contribution in [0.3, 0.4) is 0 Å². The van der Waals surface area contributed by atoms with Gasteiger partial charge < -0.3 is 39.9 Å². The number of aromatic amines is 2. The number of rotatable bonds is 12. The molecule has 0 radical (unpaired) electrons. The van der Waals surface area contributed by atoms with Crippen LogP contribution in [0, 0.1) is 11.8 Å². The third-order valence-electron chi connectivity index (χ3n) is 10.6. The fourth-order valence-corrected chi connectivity index (χ4v) is 7.43. The van der Waals surface area contributed by atoms with Gasteiger partial charge in [-0.2, -0.15) is 0 Å². The molecule has 0 spiro atoms. The summed E-state index contributed by atoms with van der Waals surface area (Å²) in [5.41, 5.74) is 5.77. The first kappa shape index (κ1) is 39.8. The van der Waals surface area contributed by atoms with Gasteiger partial charge in [0.25, 0.3) is 0 Å². The molecule has 0 bridgehead atoms. The number of ether oxygens (including phenoxy) is 2. The molecule has 4 aromatic rings. The summed E-state index contributed by atoms with van der Waals surface area (Å²) in [6.45, 7) is 8.80. The van der Waals surface area contributed by atoms with Crippen molar-refractivity contribution in [3.63, 3.8) is 0 Å². The fraction of sp³-hybridized carbons (Fsp3) is 0.429. The van der Waals surface area contributed by atoms with Crippen LogP contribution in [0.4, 0.5) is 9.59 Å². The number of nitrogens with one attached hydrogen (secondary N) is 4. The minimum Gasteiger partial charge on any atom is -0.453 e. The highest BCUT2D eigenvalue weighted by atomic mass is 16.5. The third kappa shape index (κ3) is 8.96. The summed E-state index contributed by atoms with van der Waals surface area (Å²) in [6.07, 6.45) is 9.75. The summed E-state index contributed by atoms with van der Waals surface area (Å²) in [6, 6.07) is 14.6. The van der Waals surface area contributed by atoms with Crippen molar-refractivity contribution in [1.29, 1.82) is 0 Å². The summed E-state index contributed by atoms with van der Waals surface area (Å²) in [5.74, 6) is 0.977. The first-order chi connectivity index (χ1) is 27.0. The van der Waals surface area contributed by atoms with Crippen LogP contribution >= 0.6 is 0 Å². The zero-order valence-electron chi connectivity index (χ0n) is 32.9. The number of likely N-dealkylation sites (tertiary alicyclic amines) is 2. The molecule has 2 aliphatic rings. The molecule has 6 rings (SSSR count). The monoisotopic (exact) mass is 764 g/mol. The lowest BCUT2D eigenvalue weighted by Crippen LogP contribution is -2.51. The van der Waals surface area contributed by atoms with Crippen molar-refractivity contribution in [2.45, 2.75) is 77.5 Å². The molecule has 14 nitrogen and oxygen atoms in total. The highest BCUT2D eigenvalue weighted by Gasteiger charge is 2.39. The van der Waals surface area contributed by atoms with Crippen molar-refractivity contribution >= 4 is 36.2 Å². The summed E-state index contributed by atoms with van der Waals surface area (Å²) in [4.78, 5) is 70.6. The standard InChI is InChI=1S/C42H52N8O6/c1-25(2)35(47-41(53)55-5)39(51)49-21-7-9-33(49)37-43-23-31(45-37)29-17-13-27(14-18-29)11-12-28-15-19-30(20-16-28)32-24-44-38(46-32)34-10-8-22-50(34)40(52)36(26(3)4)48-42(54)56-6/h11-20,23-26,33-36H,7-10,21-22H2,1-6H3,(H,43,45)(H,44,46)(H,47,53)(H,48,54)/b12-11+. The number of amides is 4. The second-order valence-corrected chi connectivity index (χ2v) is 15.0. The number of benzene rings is 2. The number of imidazole rings is 2. The van der Waals surface area contributed by atoms with Crippen LogP contribution in [0.5, 0.6) is 0 Å². The van der Waals surface area contributed by atoms with Gasteiger partial charge in [0.1, 0.15) is 23.7 Å². The van der Waals surface area contributed by atoms with Gasteiger partial charge in [0.05, 0.1) is 50.1 Å². The maximum absolute atomic E-state index is 13.5. The van der Waals surface area contributed by atoms with E-state index in [1.54, 1.807) is 22.2 Å². The van der Waals surface area contributed by atoms with Gasteiger partial charge in [-0.25, -0.2) is 19.6 Å². The molecule has 4 N–H and O–H groups in total. The highest BCUT2D eigenvalue weighted by molar-refractivity contribution is 5.87. The van der Waals surface area contributed by atoms with Gasteiger partial charge in [-0.3, -0.25) is 9.59 Å². The van der Waals surface area contributed by atoms with Crippen LogP contribution in [-0.2, 0) is 19.1 Å². The number of hydrogen-bond donors (Lipinski definition) is 4. The molecule has 4 heterocycles. The van der Waals surface area contributed by atoms with Crippen molar-refractivity contribution < 1.29 is 28.7 Å². The second kappa shape index (κ2) is 17.7. The molecular weight excluding hydrogens is 713 g/mol. The van der Waals surface area contributed by atoms with Crippen molar-refractivity contribution in [2.24, 2.45) is 11.8 Å². The average Bonchev–Trinajstić information content (AvgIpc) is 4.04. The van der Waals surface area contributed by atoms with Crippen LogP contribution in [0.15, 0.2) is 60.9 Å². The molecule has 0 saturated carbocycles. The summed E-state index contributed by atoms with van der Waals surface area (Å²) in [5, 5.41) is 5.38. The van der Waals surface area contributed by atoms with Crippen LogP contribution < -0.4 is 10.6 Å². The van der Waals surface area contributed by atoms with Gasteiger partial charge in [0.15, 0.2) is 0 Å². The van der Waals surface area contributed by atoms with E-state index in [4.69, 9.17) is 9.47 Å². The Hall–Kier alpha value is -5.92. The molecule has 4 atom stereocenters. The van der Waals surface area contributed by atoms with Gasteiger partial charge in [-0.1, -0.05) is 88.4 Å². The summed E-state index contributed by atoms with van der Waals surface area (Å²) >= 11 is 0. The van der Waals surface area contributed by atoms with Gasteiger partial charge in [0.2, 0.25) is 11.8 Å². The minimum absolute atomic E-state index is 0.101. The molecule has 2 aromatic heterocycles. The number of alkyl carbamates (subject to hydrolysis) is 2. The largest absolute Gasteiger partial charge is 0.453 e. The average molecular weight is 765 g/mol. The molecule has 2 aliphatic heterocycles. The SMILES string of the molecule is COC(=O)NC(C(=O)N1CCCC1c1ncc(-c2ccc(/C=C/c3ccc(-c4cnc(C5CCCN5C(=O)C(NC(=O)OC)C(C)C)[nH]4)cc3)cc2)[nH]1)C(C)C. The lowest BCUT2D eigenvalue weighted by molar-refractivity contribution is -0.136. The van der Waals surface area contributed by atoms with E-state index >= 15 is 0 Å². The van der Waals surface area contributed by atoms with Gasteiger partial charge >= 0.3 is 12.2 Å². The Morgan fingerprint density at radius 1 is 0.661 bits per heavy atom. The molecule has 2 saturated heterocycles. The van der Waals surface area contributed by atoms with E-state index in [-0.39, 0.29) is 35.7 Å². The van der Waals surface area contributed by atoms with Gasteiger partial charge in [-0.15, -0.1) is 0 Å². The molecule has 4 amide bonds. The van der Waals surface area contributed by atoms with Crippen LogP contribution in [0.2, 0.25) is 0 Å². The Balaban J connectivity index is 1.06. The molecule has 4 unspecified atom stereocenters. The minimum atomic E-state index is -0.683. The fourth-order valence-electron chi connectivity index (χ4n) is 7.43. The van der Waals surface area contributed by atoms with Crippen LogP contribution in [-0.4, -0.2) is 93.1 Å². The lowest BCUT2D eigenvalue weighted by atomic mass is 10.0. The molecule has 14 heteroatoms. The van der Waals surface area contributed by atoms with E-state index in [0.717, 1.165) is 71.0 Å². The third-order valence-corrected chi connectivity index (χ3v) is 10.6. The molecule has 2 aromatic carbocycles. The van der Waals surface area contributed by atoms with E-state index < -0.39 is 24.3 Å². The second-order valence-electron chi connectivity index (χ2n) is 15.0. The maximum Gasteiger partial charge on any atom is 0.407 e. The Morgan fingerprint density at radius 3 is 1.38 bits per heavy atom. The van der Waals surface area contributed by atoms with Gasteiger partial charge in [0, 0.05) is 13.1 Å². The van der Waals surface area contributed by atoms with Crippen molar-refractivity contribution in [3.05, 3.63) is 83.7 Å². The first-order valence-electron chi connectivity index (χ1n) is 19.3. The zero-order valence-corrected chi connectivity index (χ0v) is 32.9. The predicted molar refractivity (Wildman–Crippen MR) is 213 cm³/mol. The molecule has 2 fully saturated rings. The summed E-state index contributed by atoms with van der Waals surface area (Å²) < 4.78 is 9.50. The molecule has 296 valence electrons. The molecular formula is C42H52N8O6. The molecule has 56 heavy (non-hydrogen) atoms. The maximum atomic E-state index is 13.5.